The van der Waals surface area contributed by atoms with Crippen LogP contribution in [0.25, 0.3) is 0 Å². The Labute approximate surface area is 194 Å². The third-order valence-corrected chi connectivity index (χ3v) is 4.99. The van der Waals surface area contributed by atoms with Crippen molar-refractivity contribution >= 4 is 29.4 Å². The van der Waals surface area contributed by atoms with Crippen molar-refractivity contribution in [3.05, 3.63) is 71.8 Å². The molecule has 0 fully saturated rings. The normalized spacial score (nSPS) is 11.3. The Morgan fingerprint density at radius 1 is 0.938 bits per heavy atom. The van der Waals surface area contributed by atoms with Gasteiger partial charge in [0.15, 0.2) is 0 Å². The highest BCUT2D eigenvalue weighted by Gasteiger charge is 2.20. The quantitative estimate of drug-likeness (QED) is 0.427. The standard InChI is InChI=1S/C24H31ClN4O3/c1-19(30)28-22(23(31)27-17-20-9-4-2-5-10-20)13-8-16-29(24(32)26-15-14-25)18-21-11-6-3-7-12-21/h2-7,9-12,22H,8,13-18H2,1H3,(H,26,32)(H,27,31)(H,28,30). The van der Waals surface area contributed by atoms with Gasteiger partial charge in [0.05, 0.1) is 0 Å². The molecule has 0 heterocycles. The van der Waals surface area contributed by atoms with E-state index in [2.05, 4.69) is 16.0 Å². The summed E-state index contributed by atoms with van der Waals surface area (Å²) in [5.74, 6) is -0.187. The number of benzene rings is 2. The molecule has 0 spiro atoms. The SMILES string of the molecule is CC(=O)NC(CCCN(Cc1ccccc1)C(=O)NCCCl)C(=O)NCc1ccccc1. The van der Waals surface area contributed by atoms with Crippen LogP contribution < -0.4 is 16.0 Å². The molecule has 2 aromatic carbocycles. The number of rotatable bonds is 12. The molecule has 2 rings (SSSR count). The van der Waals surface area contributed by atoms with Crippen LogP contribution in [0, 0.1) is 0 Å². The van der Waals surface area contributed by atoms with Gasteiger partial charge in [-0.3, -0.25) is 9.59 Å². The zero-order valence-corrected chi connectivity index (χ0v) is 19.1. The Morgan fingerprint density at radius 2 is 1.56 bits per heavy atom. The van der Waals surface area contributed by atoms with Gasteiger partial charge >= 0.3 is 6.03 Å². The first-order chi connectivity index (χ1) is 15.5. The van der Waals surface area contributed by atoms with Crippen LogP contribution in [0.5, 0.6) is 0 Å². The number of nitrogens with one attached hydrogen (secondary N) is 3. The van der Waals surface area contributed by atoms with Gasteiger partial charge in [-0.05, 0) is 24.0 Å². The summed E-state index contributed by atoms with van der Waals surface area (Å²) in [7, 11) is 0. The van der Waals surface area contributed by atoms with E-state index in [4.69, 9.17) is 11.6 Å². The number of hydrogen-bond donors (Lipinski definition) is 3. The van der Waals surface area contributed by atoms with E-state index in [1.807, 2.05) is 60.7 Å². The van der Waals surface area contributed by atoms with Crippen LogP contribution in [-0.4, -0.2) is 47.8 Å². The van der Waals surface area contributed by atoms with E-state index in [0.717, 1.165) is 11.1 Å². The number of halogens is 1. The van der Waals surface area contributed by atoms with Crippen LogP contribution in [0.4, 0.5) is 4.79 Å². The third-order valence-electron chi connectivity index (χ3n) is 4.80. The minimum atomic E-state index is -0.666. The third kappa shape index (κ3) is 9.39. The maximum Gasteiger partial charge on any atom is 0.317 e. The van der Waals surface area contributed by atoms with Crippen LogP contribution in [0.15, 0.2) is 60.7 Å². The Kier molecular flexibility index (Phi) is 11.1. The molecule has 0 radical (unpaired) electrons. The van der Waals surface area contributed by atoms with E-state index in [9.17, 15) is 14.4 Å². The second-order valence-electron chi connectivity index (χ2n) is 7.43. The molecule has 4 amide bonds. The average Bonchev–Trinajstić information content (AvgIpc) is 2.80. The zero-order valence-electron chi connectivity index (χ0n) is 18.4. The van der Waals surface area contributed by atoms with Crippen LogP contribution in [0.3, 0.4) is 0 Å². The van der Waals surface area contributed by atoms with E-state index in [1.54, 1.807) is 4.90 Å². The van der Waals surface area contributed by atoms with Crippen molar-refractivity contribution in [2.75, 3.05) is 19.0 Å². The number of carbonyl (C=O) groups excluding carboxylic acids is 3. The molecule has 0 bridgehead atoms. The van der Waals surface area contributed by atoms with E-state index in [-0.39, 0.29) is 17.8 Å². The predicted octanol–water partition coefficient (Wildman–Crippen LogP) is 3.04. The minimum absolute atomic E-state index is 0.209. The Balaban J connectivity index is 1.94. The molecule has 1 atom stereocenters. The van der Waals surface area contributed by atoms with E-state index in [1.165, 1.54) is 6.92 Å². The van der Waals surface area contributed by atoms with Gasteiger partial charge in [0.25, 0.3) is 0 Å². The molecule has 0 aliphatic heterocycles. The lowest BCUT2D eigenvalue weighted by molar-refractivity contribution is -0.128. The van der Waals surface area contributed by atoms with Gasteiger partial charge in [0.1, 0.15) is 6.04 Å². The van der Waals surface area contributed by atoms with E-state index >= 15 is 0 Å². The maximum absolute atomic E-state index is 12.7. The molecule has 172 valence electrons. The molecule has 0 aliphatic carbocycles. The van der Waals surface area contributed by atoms with Gasteiger partial charge < -0.3 is 20.9 Å². The molecule has 32 heavy (non-hydrogen) atoms. The van der Waals surface area contributed by atoms with Crippen LogP contribution >= 0.6 is 11.6 Å². The monoisotopic (exact) mass is 458 g/mol. The van der Waals surface area contributed by atoms with Gasteiger partial charge in [-0.2, -0.15) is 0 Å². The van der Waals surface area contributed by atoms with Gasteiger partial charge in [0.2, 0.25) is 11.8 Å². The molecule has 1 unspecified atom stereocenters. The van der Waals surface area contributed by atoms with E-state index < -0.39 is 6.04 Å². The molecule has 0 saturated heterocycles. The van der Waals surface area contributed by atoms with Crippen molar-refractivity contribution in [1.82, 2.24) is 20.9 Å². The molecule has 0 saturated carbocycles. The lowest BCUT2D eigenvalue weighted by Crippen LogP contribution is -2.46. The number of carbonyl (C=O) groups is 3. The van der Waals surface area contributed by atoms with Crippen molar-refractivity contribution in [3.63, 3.8) is 0 Å². The minimum Gasteiger partial charge on any atom is -0.350 e. The molecule has 3 N–H and O–H groups in total. The fraction of sp³-hybridized carbons (Fsp3) is 0.375. The molecular weight excluding hydrogens is 428 g/mol. The summed E-state index contributed by atoms with van der Waals surface area (Å²) in [4.78, 5) is 38.5. The first-order valence-electron chi connectivity index (χ1n) is 10.7. The Morgan fingerprint density at radius 3 is 2.16 bits per heavy atom. The fourth-order valence-electron chi connectivity index (χ4n) is 3.23. The topological polar surface area (TPSA) is 90.5 Å². The summed E-state index contributed by atoms with van der Waals surface area (Å²) < 4.78 is 0. The van der Waals surface area contributed by atoms with Gasteiger partial charge in [-0.15, -0.1) is 11.6 Å². The van der Waals surface area contributed by atoms with E-state index in [0.29, 0.717) is 44.9 Å². The predicted molar refractivity (Wildman–Crippen MR) is 126 cm³/mol. The lowest BCUT2D eigenvalue weighted by Gasteiger charge is -2.24. The first kappa shape index (κ1) is 25.2. The van der Waals surface area contributed by atoms with Crippen LogP contribution in [-0.2, 0) is 22.7 Å². The van der Waals surface area contributed by atoms with Crippen molar-refractivity contribution in [3.8, 4) is 0 Å². The smallest absolute Gasteiger partial charge is 0.317 e. The second-order valence-corrected chi connectivity index (χ2v) is 7.80. The summed E-state index contributed by atoms with van der Waals surface area (Å²) in [6.45, 7) is 3.03. The Bertz CT molecular complexity index is 849. The molecular formula is C24H31ClN4O3. The maximum atomic E-state index is 12.7. The number of hydrogen-bond acceptors (Lipinski definition) is 3. The molecule has 0 aliphatic rings. The lowest BCUT2D eigenvalue weighted by atomic mass is 10.1. The fourth-order valence-corrected chi connectivity index (χ4v) is 3.33. The number of urea groups is 1. The highest BCUT2D eigenvalue weighted by atomic mass is 35.5. The zero-order chi connectivity index (χ0) is 23.2. The van der Waals surface area contributed by atoms with Crippen LogP contribution in [0.1, 0.15) is 30.9 Å². The molecule has 0 aromatic heterocycles. The summed E-state index contributed by atoms with van der Waals surface area (Å²) in [6, 6.07) is 18.4. The molecule has 7 nitrogen and oxygen atoms in total. The van der Waals surface area contributed by atoms with Crippen LogP contribution in [0.2, 0.25) is 0 Å². The van der Waals surface area contributed by atoms with Crippen molar-refractivity contribution in [2.45, 2.75) is 38.9 Å². The Hall–Kier alpha value is -3.06. The highest BCUT2D eigenvalue weighted by Crippen LogP contribution is 2.08. The first-order valence-corrected chi connectivity index (χ1v) is 11.2. The number of alkyl halides is 1. The van der Waals surface area contributed by atoms with Crippen molar-refractivity contribution in [2.24, 2.45) is 0 Å². The van der Waals surface area contributed by atoms with Gasteiger partial charge in [-0.1, -0.05) is 60.7 Å². The van der Waals surface area contributed by atoms with Gasteiger partial charge in [0, 0.05) is 39.0 Å². The number of amides is 4. The summed E-state index contributed by atoms with van der Waals surface area (Å²) in [5.41, 5.74) is 1.99. The summed E-state index contributed by atoms with van der Waals surface area (Å²) in [6.07, 6.45) is 0.957. The molecule has 8 heteroatoms. The van der Waals surface area contributed by atoms with Gasteiger partial charge in [-0.25, -0.2) is 4.79 Å². The summed E-state index contributed by atoms with van der Waals surface area (Å²) >= 11 is 5.70. The second kappa shape index (κ2) is 14.1. The molecule has 2 aromatic rings. The van der Waals surface area contributed by atoms with Crippen molar-refractivity contribution in [1.29, 1.82) is 0 Å². The largest absolute Gasteiger partial charge is 0.350 e. The highest BCUT2D eigenvalue weighted by molar-refractivity contribution is 6.18. The summed E-state index contributed by atoms with van der Waals surface area (Å²) in [5, 5.41) is 8.38. The van der Waals surface area contributed by atoms with Crippen molar-refractivity contribution < 1.29 is 14.4 Å². The average molecular weight is 459 g/mol. The number of nitrogens with zero attached hydrogens (tertiary/aromatic N) is 1.